The Morgan fingerprint density at radius 2 is 1.83 bits per heavy atom. The quantitative estimate of drug-likeness (QED) is 0.752. The van der Waals surface area contributed by atoms with Gasteiger partial charge in [0.05, 0.1) is 5.56 Å². The lowest BCUT2D eigenvalue weighted by molar-refractivity contribution is 0.0695. The molecule has 2 nitrogen and oxygen atoms in total. The largest absolute Gasteiger partial charge is 0.478 e. The summed E-state index contributed by atoms with van der Waals surface area (Å²) in [4.78, 5) is 10.8. The van der Waals surface area contributed by atoms with E-state index < -0.39 is 5.97 Å². The van der Waals surface area contributed by atoms with Gasteiger partial charge in [-0.05, 0) is 69.8 Å². The summed E-state index contributed by atoms with van der Waals surface area (Å²) in [6.07, 6.45) is 0. The van der Waals surface area contributed by atoms with Crippen LogP contribution in [0.2, 0.25) is 0 Å². The molecule has 0 aliphatic carbocycles. The first-order valence-electron chi connectivity index (χ1n) is 3.22. The first-order valence-corrected chi connectivity index (χ1v) is 5.37. The number of carboxylic acids is 1. The summed E-state index contributed by atoms with van der Waals surface area (Å²) < 4.78 is 1.78. The average molecular weight is 388 g/mol. The Balaban J connectivity index is 3.43. The maximum Gasteiger partial charge on any atom is 0.337 e. The van der Waals surface area contributed by atoms with Gasteiger partial charge in [0.1, 0.15) is 0 Å². The molecule has 64 valence electrons. The lowest BCUT2D eigenvalue weighted by atomic mass is 10.1. The second-order valence-corrected chi connectivity index (χ2v) is 4.66. The highest BCUT2D eigenvalue weighted by atomic mass is 127. The lowest BCUT2D eigenvalue weighted by Crippen LogP contribution is -2.04. The Bertz CT molecular complexity index is 334. The van der Waals surface area contributed by atoms with Gasteiger partial charge in [-0.2, -0.15) is 0 Å². The molecule has 0 aliphatic heterocycles. The van der Waals surface area contributed by atoms with Crippen LogP contribution in [0.5, 0.6) is 0 Å². The van der Waals surface area contributed by atoms with Crippen LogP contribution in [0.4, 0.5) is 0 Å². The highest BCUT2D eigenvalue weighted by molar-refractivity contribution is 14.1. The van der Waals surface area contributed by atoms with Crippen molar-refractivity contribution in [1.29, 1.82) is 0 Å². The molecule has 0 atom stereocenters. The zero-order valence-electron chi connectivity index (χ0n) is 6.27. The Kier molecular flexibility index (Phi) is 3.33. The number of rotatable bonds is 1. The minimum atomic E-state index is -0.851. The predicted octanol–water partition coefficient (Wildman–Crippen LogP) is 2.90. The van der Waals surface area contributed by atoms with E-state index in [0.29, 0.717) is 5.56 Å². The number of aromatic carboxylic acids is 1. The zero-order valence-corrected chi connectivity index (χ0v) is 10.6. The van der Waals surface area contributed by atoms with Gasteiger partial charge >= 0.3 is 5.97 Å². The van der Waals surface area contributed by atoms with Crippen LogP contribution in [-0.2, 0) is 0 Å². The summed E-state index contributed by atoms with van der Waals surface area (Å²) in [6, 6.07) is 3.74. The second kappa shape index (κ2) is 3.91. The molecule has 4 heteroatoms. The molecule has 0 unspecified atom stereocenters. The SMILES string of the molecule is Cc1c(I)ccc(I)c1C(=O)O. The van der Waals surface area contributed by atoms with Crippen LogP contribution in [0.1, 0.15) is 15.9 Å². The lowest BCUT2D eigenvalue weighted by Gasteiger charge is -2.04. The maximum absolute atomic E-state index is 10.8. The van der Waals surface area contributed by atoms with Gasteiger partial charge in [0.2, 0.25) is 0 Å². The highest BCUT2D eigenvalue weighted by Crippen LogP contribution is 2.21. The summed E-state index contributed by atoms with van der Waals surface area (Å²) in [6.45, 7) is 1.83. The van der Waals surface area contributed by atoms with Crippen molar-refractivity contribution in [3.8, 4) is 0 Å². The topological polar surface area (TPSA) is 37.3 Å². The molecule has 1 aromatic carbocycles. The predicted molar refractivity (Wildman–Crippen MR) is 63.6 cm³/mol. The Morgan fingerprint density at radius 3 is 2.25 bits per heavy atom. The average Bonchev–Trinajstić information content (AvgIpc) is 1.97. The summed E-state index contributed by atoms with van der Waals surface area (Å²) in [5.74, 6) is -0.851. The van der Waals surface area contributed by atoms with E-state index in [1.165, 1.54) is 0 Å². The van der Waals surface area contributed by atoms with Crippen LogP contribution in [0.3, 0.4) is 0 Å². The van der Waals surface area contributed by atoms with Crippen molar-refractivity contribution in [2.75, 3.05) is 0 Å². The van der Waals surface area contributed by atoms with Gasteiger partial charge in [0.25, 0.3) is 0 Å². The third-order valence-electron chi connectivity index (χ3n) is 1.56. The normalized spacial score (nSPS) is 9.92. The summed E-state index contributed by atoms with van der Waals surface area (Å²) in [7, 11) is 0. The Morgan fingerprint density at radius 1 is 1.33 bits per heavy atom. The molecule has 0 saturated heterocycles. The number of hydrogen-bond acceptors (Lipinski definition) is 1. The second-order valence-electron chi connectivity index (χ2n) is 2.33. The molecule has 12 heavy (non-hydrogen) atoms. The van der Waals surface area contributed by atoms with Gasteiger partial charge in [-0.3, -0.25) is 0 Å². The molecule has 0 fully saturated rings. The van der Waals surface area contributed by atoms with E-state index in [2.05, 4.69) is 22.6 Å². The van der Waals surface area contributed by atoms with E-state index in [4.69, 9.17) is 5.11 Å². The van der Waals surface area contributed by atoms with Crippen molar-refractivity contribution in [1.82, 2.24) is 0 Å². The first kappa shape index (κ1) is 10.2. The van der Waals surface area contributed by atoms with Gasteiger partial charge in [0, 0.05) is 7.14 Å². The fraction of sp³-hybridized carbons (Fsp3) is 0.125. The summed E-state index contributed by atoms with van der Waals surface area (Å²) >= 11 is 4.17. The first-order chi connectivity index (χ1) is 5.54. The third kappa shape index (κ3) is 1.90. The molecule has 1 rings (SSSR count). The van der Waals surface area contributed by atoms with E-state index >= 15 is 0 Å². The monoisotopic (exact) mass is 388 g/mol. The van der Waals surface area contributed by atoms with Crippen LogP contribution in [-0.4, -0.2) is 11.1 Å². The fourth-order valence-corrected chi connectivity index (χ4v) is 2.18. The maximum atomic E-state index is 10.8. The van der Waals surface area contributed by atoms with Crippen molar-refractivity contribution in [3.05, 3.63) is 30.4 Å². The fourth-order valence-electron chi connectivity index (χ4n) is 0.916. The van der Waals surface area contributed by atoms with Gasteiger partial charge in [-0.25, -0.2) is 4.79 Å². The van der Waals surface area contributed by atoms with Crippen LogP contribution < -0.4 is 0 Å². The van der Waals surface area contributed by atoms with Crippen LogP contribution in [0.25, 0.3) is 0 Å². The van der Waals surface area contributed by atoms with Gasteiger partial charge in [-0.15, -0.1) is 0 Å². The zero-order chi connectivity index (χ0) is 9.30. The van der Waals surface area contributed by atoms with Crippen molar-refractivity contribution in [2.45, 2.75) is 6.92 Å². The van der Waals surface area contributed by atoms with Crippen molar-refractivity contribution in [2.24, 2.45) is 0 Å². The molecule has 0 saturated carbocycles. The van der Waals surface area contributed by atoms with E-state index in [1.54, 1.807) is 0 Å². The van der Waals surface area contributed by atoms with Gasteiger partial charge in [0.15, 0.2) is 0 Å². The van der Waals surface area contributed by atoms with E-state index in [-0.39, 0.29) is 0 Å². The van der Waals surface area contributed by atoms with Gasteiger partial charge in [-0.1, -0.05) is 0 Å². The molecule has 0 bridgehead atoms. The minimum absolute atomic E-state index is 0.419. The molecule has 1 aromatic rings. The molecule has 0 heterocycles. The Hall–Kier alpha value is 0.150. The molecular formula is C8H6I2O2. The van der Waals surface area contributed by atoms with Crippen molar-refractivity contribution >= 4 is 51.2 Å². The number of carbonyl (C=O) groups is 1. The van der Waals surface area contributed by atoms with Crippen LogP contribution >= 0.6 is 45.2 Å². The molecular weight excluding hydrogens is 382 g/mol. The van der Waals surface area contributed by atoms with Crippen molar-refractivity contribution in [3.63, 3.8) is 0 Å². The minimum Gasteiger partial charge on any atom is -0.478 e. The molecule has 0 aromatic heterocycles. The number of benzene rings is 1. The highest BCUT2D eigenvalue weighted by Gasteiger charge is 2.12. The summed E-state index contributed by atoms with van der Waals surface area (Å²) in [5.41, 5.74) is 1.26. The molecule has 1 N–H and O–H groups in total. The smallest absolute Gasteiger partial charge is 0.337 e. The summed E-state index contributed by atoms with van der Waals surface area (Å²) in [5, 5.41) is 8.86. The number of carboxylic acid groups (broad SMARTS) is 1. The third-order valence-corrected chi connectivity index (χ3v) is 3.63. The van der Waals surface area contributed by atoms with Gasteiger partial charge < -0.3 is 5.11 Å². The molecule has 0 spiro atoms. The van der Waals surface area contributed by atoms with Crippen LogP contribution in [0.15, 0.2) is 12.1 Å². The van der Waals surface area contributed by atoms with Crippen molar-refractivity contribution < 1.29 is 9.90 Å². The Labute approximate surface area is 97.6 Å². The molecule has 0 aliphatic rings. The molecule has 0 amide bonds. The van der Waals surface area contributed by atoms with E-state index in [9.17, 15) is 4.79 Å². The molecule has 0 radical (unpaired) electrons. The standard InChI is InChI=1S/C8H6I2O2/c1-4-5(9)2-3-6(10)7(4)8(11)12/h2-3H,1H3,(H,11,12). The van der Waals surface area contributed by atoms with Crippen LogP contribution in [0, 0.1) is 14.1 Å². The van der Waals surface area contributed by atoms with E-state index in [0.717, 1.165) is 12.7 Å². The number of hydrogen-bond donors (Lipinski definition) is 1. The van der Waals surface area contributed by atoms with E-state index in [1.807, 2.05) is 41.6 Å². The number of halogens is 2.